The minimum absolute atomic E-state index is 0.0476. The summed E-state index contributed by atoms with van der Waals surface area (Å²) in [6.07, 6.45) is 5.41. The van der Waals surface area contributed by atoms with Crippen molar-refractivity contribution in [2.75, 3.05) is 11.1 Å². The van der Waals surface area contributed by atoms with E-state index in [2.05, 4.69) is 34.1 Å². The van der Waals surface area contributed by atoms with Crippen molar-refractivity contribution < 1.29 is 14.1 Å². The summed E-state index contributed by atoms with van der Waals surface area (Å²) in [5.74, 6) is 0.937. The van der Waals surface area contributed by atoms with Crippen LogP contribution in [0.3, 0.4) is 0 Å². The van der Waals surface area contributed by atoms with Crippen LogP contribution in [0.5, 0.6) is 0 Å². The van der Waals surface area contributed by atoms with Gasteiger partial charge in [0.2, 0.25) is 5.91 Å². The third kappa shape index (κ3) is 5.62. The van der Waals surface area contributed by atoms with Crippen LogP contribution < -0.4 is 10.7 Å². The SMILES string of the molecule is C/C(=N/NC(=O)CSCc1ccc([N+](=O)[O-])cc1)c1ccc2c(c1)[C@@H]1C=CC[C@@H]1[C@H](c1ccc(F)cc1)N2. The number of benzene rings is 3. The van der Waals surface area contributed by atoms with E-state index in [0.29, 0.717) is 17.4 Å². The summed E-state index contributed by atoms with van der Waals surface area (Å²) in [5, 5.41) is 18.7. The van der Waals surface area contributed by atoms with Crippen LogP contribution in [0.4, 0.5) is 15.8 Å². The van der Waals surface area contributed by atoms with Gasteiger partial charge in [-0.25, -0.2) is 9.82 Å². The lowest BCUT2D eigenvalue weighted by atomic mass is 9.76. The van der Waals surface area contributed by atoms with Gasteiger partial charge >= 0.3 is 0 Å². The van der Waals surface area contributed by atoms with Crippen LogP contribution in [0, 0.1) is 21.8 Å². The van der Waals surface area contributed by atoms with Gasteiger partial charge in [0, 0.05) is 29.5 Å². The number of hydrogen-bond acceptors (Lipinski definition) is 6. The zero-order valence-corrected chi connectivity index (χ0v) is 21.6. The van der Waals surface area contributed by atoms with E-state index in [1.165, 1.54) is 41.6 Å². The number of allylic oxidation sites excluding steroid dienone is 2. The first-order valence-electron chi connectivity index (χ1n) is 12.4. The van der Waals surface area contributed by atoms with E-state index in [4.69, 9.17) is 0 Å². The molecule has 0 spiro atoms. The van der Waals surface area contributed by atoms with Gasteiger partial charge in [-0.05, 0) is 65.8 Å². The molecule has 9 heteroatoms. The fourth-order valence-corrected chi connectivity index (χ4v) is 5.82. The number of anilines is 1. The molecule has 1 aliphatic heterocycles. The quantitative estimate of drug-likeness (QED) is 0.153. The van der Waals surface area contributed by atoms with Crippen molar-refractivity contribution in [1.29, 1.82) is 0 Å². The number of nitrogens with zero attached hydrogens (tertiary/aromatic N) is 2. The van der Waals surface area contributed by atoms with Crippen LogP contribution in [0.1, 0.15) is 47.6 Å². The van der Waals surface area contributed by atoms with E-state index >= 15 is 0 Å². The largest absolute Gasteiger partial charge is 0.378 e. The molecule has 0 unspecified atom stereocenters. The number of non-ortho nitro benzene ring substituents is 1. The molecule has 0 saturated carbocycles. The highest BCUT2D eigenvalue weighted by molar-refractivity contribution is 7.99. The number of nitro groups is 1. The number of nitrogens with one attached hydrogen (secondary N) is 2. The number of amides is 1. The van der Waals surface area contributed by atoms with Crippen molar-refractivity contribution in [2.45, 2.75) is 31.1 Å². The van der Waals surface area contributed by atoms with Gasteiger partial charge in [-0.15, -0.1) is 11.8 Å². The van der Waals surface area contributed by atoms with Crippen LogP contribution in [-0.2, 0) is 10.5 Å². The Bertz CT molecular complexity index is 1410. The number of thioether (sulfide) groups is 1. The fourth-order valence-electron chi connectivity index (χ4n) is 5.04. The molecule has 5 rings (SSSR count). The molecule has 7 nitrogen and oxygen atoms in total. The normalized spacial score (nSPS) is 19.8. The van der Waals surface area contributed by atoms with Crippen molar-refractivity contribution in [2.24, 2.45) is 11.0 Å². The Kier molecular flexibility index (Phi) is 7.55. The predicted octanol–water partition coefficient (Wildman–Crippen LogP) is 6.33. The zero-order chi connectivity index (χ0) is 26.6. The van der Waals surface area contributed by atoms with Crippen molar-refractivity contribution in [3.63, 3.8) is 0 Å². The smallest absolute Gasteiger partial charge is 0.269 e. The van der Waals surface area contributed by atoms with E-state index in [1.54, 1.807) is 12.1 Å². The van der Waals surface area contributed by atoms with Crippen molar-refractivity contribution in [1.82, 2.24) is 5.43 Å². The highest BCUT2D eigenvalue weighted by Crippen LogP contribution is 2.49. The van der Waals surface area contributed by atoms with Gasteiger partial charge in [0.15, 0.2) is 0 Å². The summed E-state index contributed by atoms with van der Waals surface area (Å²) < 4.78 is 13.5. The molecule has 0 bridgehead atoms. The van der Waals surface area contributed by atoms with E-state index in [0.717, 1.165) is 28.8 Å². The molecule has 3 atom stereocenters. The number of hydrazone groups is 1. The molecular weight excluding hydrogens is 503 g/mol. The lowest BCUT2D eigenvalue weighted by molar-refractivity contribution is -0.384. The second-order valence-electron chi connectivity index (χ2n) is 9.48. The summed E-state index contributed by atoms with van der Waals surface area (Å²) in [5.41, 5.74) is 8.55. The summed E-state index contributed by atoms with van der Waals surface area (Å²) in [4.78, 5) is 22.6. The third-order valence-corrected chi connectivity index (χ3v) is 8.01. The molecule has 1 amide bonds. The number of fused-ring (bicyclic) bond motifs is 3. The molecule has 3 aromatic carbocycles. The molecule has 1 aliphatic carbocycles. The van der Waals surface area contributed by atoms with Crippen LogP contribution in [0.15, 0.2) is 84.0 Å². The molecule has 0 radical (unpaired) electrons. The zero-order valence-electron chi connectivity index (χ0n) is 20.8. The highest BCUT2D eigenvalue weighted by Gasteiger charge is 2.38. The first-order chi connectivity index (χ1) is 18.4. The van der Waals surface area contributed by atoms with Gasteiger partial charge in [-0.3, -0.25) is 14.9 Å². The van der Waals surface area contributed by atoms with Gasteiger partial charge in [0.25, 0.3) is 5.69 Å². The second-order valence-corrected chi connectivity index (χ2v) is 10.5. The van der Waals surface area contributed by atoms with Crippen LogP contribution in [0.2, 0.25) is 0 Å². The van der Waals surface area contributed by atoms with Gasteiger partial charge in [-0.2, -0.15) is 5.10 Å². The molecule has 1 heterocycles. The molecule has 0 saturated heterocycles. The number of carbonyl (C=O) groups is 1. The number of nitro benzene ring substituents is 1. The Morgan fingerprint density at radius 2 is 1.92 bits per heavy atom. The summed E-state index contributed by atoms with van der Waals surface area (Å²) >= 11 is 1.42. The van der Waals surface area contributed by atoms with Crippen molar-refractivity contribution in [3.05, 3.63) is 117 Å². The van der Waals surface area contributed by atoms with E-state index < -0.39 is 4.92 Å². The van der Waals surface area contributed by atoms with Gasteiger partial charge in [0.05, 0.1) is 22.4 Å². The van der Waals surface area contributed by atoms with Crippen LogP contribution in [-0.4, -0.2) is 22.3 Å². The molecule has 0 aromatic heterocycles. The Hall–Kier alpha value is -3.98. The highest BCUT2D eigenvalue weighted by atomic mass is 32.2. The summed E-state index contributed by atoms with van der Waals surface area (Å²) in [6.45, 7) is 1.87. The van der Waals surface area contributed by atoms with Crippen LogP contribution in [0.25, 0.3) is 0 Å². The minimum atomic E-state index is -0.433. The molecule has 0 fully saturated rings. The summed E-state index contributed by atoms with van der Waals surface area (Å²) in [7, 11) is 0. The average Bonchev–Trinajstić information content (AvgIpc) is 3.42. The number of halogens is 1. The third-order valence-electron chi connectivity index (χ3n) is 7.01. The topological polar surface area (TPSA) is 96.6 Å². The molecule has 38 heavy (non-hydrogen) atoms. The maximum Gasteiger partial charge on any atom is 0.269 e. The lowest BCUT2D eigenvalue weighted by Crippen LogP contribution is -2.29. The first kappa shape index (κ1) is 25.7. The monoisotopic (exact) mass is 530 g/mol. The number of rotatable bonds is 8. The molecule has 194 valence electrons. The molecule has 3 aromatic rings. The Morgan fingerprint density at radius 1 is 1.16 bits per heavy atom. The number of hydrogen-bond donors (Lipinski definition) is 2. The van der Waals surface area contributed by atoms with Gasteiger partial charge in [-0.1, -0.05) is 42.5 Å². The Labute approximate surface area is 224 Å². The average molecular weight is 531 g/mol. The minimum Gasteiger partial charge on any atom is -0.378 e. The van der Waals surface area contributed by atoms with E-state index in [9.17, 15) is 19.3 Å². The number of carbonyl (C=O) groups excluding carboxylic acids is 1. The van der Waals surface area contributed by atoms with E-state index in [1.807, 2.05) is 31.2 Å². The van der Waals surface area contributed by atoms with E-state index in [-0.39, 0.29) is 35.1 Å². The van der Waals surface area contributed by atoms with Crippen molar-refractivity contribution >= 4 is 34.8 Å². The van der Waals surface area contributed by atoms with Crippen LogP contribution >= 0.6 is 11.8 Å². The summed E-state index contributed by atoms with van der Waals surface area (Å²) in [6, 6.07) is 19.3. The molecule has 2 aliphatic rings. The first-order valence-corrected chi connectivity index (χ1v) is 13.5. The van der Waals surface area contributed by atoms with Crippen molar-refractivity contribution in [3.8, 4) is 0 Å². The standard InChI is InChI=1S/C29H27FN4O3S/c1-18(32-33-28(35)17-38-16-19-5-12-23(13-6-19)34(36)37)21-9-14-27-26(15-21)24-3-2-4-25(24)29(31-27)20-7-10-22(30)11-8-20/h2-3,5-15,24-25,29,31H,4,16-17H2,1H3,(H,33,35)/b32-18-/t24-,25+,29+/m1/s1. The molecular formula is C29H27FN4O3S. The van der Waals surface area contributed by atoms with Gasteiger partial charge < -0.3 is 5.32 Å². The van der Waals surface area contributed by atoms with Gasteiger partial charge in [0.1, 0.15) is 5.82 Å². The maximum atomic E-state index is 13.5. The maximum absolute atomic E-state index is 13.5. The lowest BCUT2D eigenvalue weighted by Gasteiger charge is -2.37. The Morgan fingerprint density at radius 3 is 2.66 bits per heavy atom. The molecule has 2 N–H and O–H groups in total. The Balaban J connectivity index is 1.21. The fraction of sp³-hybridized carbons (Fsp3) is 0.241. The predicted molar refractivity (Wildman–Crippen MR) is 149 cm³/mol. The second kappa shape index (κ2) is 11.2.